The molecule has 0 aliphatic rings. The molecule has 0 unspecified atom stereocenters. The van der Waals surface area contributed by atoms with E-state index in [4.69, 9.17) is 11.6 Å². The molecular formula is C31H38ClN3O4S. The minimum atomic E-state index is -3.82. The van der Waals surface area contributed by atoms with Gasteiger partial charge in [-0.15, -0.1) is 0 Å². The zero-order valence-corrected chi connectivity index (χ0v) is 25.3. The number of aryl methyl sites for hydroxylation is 2. The van der Waals surface area contributed by atoms with Crippen molar-refractivity contribution in [2.24, 2.45) is 0 Å². The maximum Gasteiger partial charge on any atom is 0.244 e. The Balaban J connectivity index is 2.07. The second-order valence-electron chi connectivity index (χ2n) is 10.2. The van der Waals surface area contributed by atoms with E-state index in [1.807, 2.05) is 70.2 Å². The molecule has 0 fully saturated rings. The average molecular weight is 584 g/mol. The smallest absolute Gasteiger partial charge is 0.244 e. The summed E-state index contributed by atoms with van der Waals surface area (Å²) in [6.07, 6.45) is 2.08. The van der Waals surface area contributed by atoms with E-state index in [0.29, 0.717) is 10.7 Å². The molecule has 0 spiro atoms. The SMILES string of the molecule is CC[C@@H](C)NC(=O)[C@@H](Cc1ccccc1)N(Cc1ccc(Cl)cc1)C(=O)CN(c1ccc(C)cc1C)S(C)(=O)=O. The molecular weight excluding hydrogens is 546 g/mol. The highest BCUT2D eigenvalue weighted by molar-refractivity contribution is 7.92. The van der Waals surface area contributed by atoms with Crippen LogP contribution in [0.5, 0.6) is 0 Å². The molecule has 0 aliphatic carbocycles. The van der Waals surface area contributed by atoms with E-state index in [2.05, 4.69) is 5.32 Å². The van der Waals surface area contributed by atoms with Crippen LogP contribution in [0, 0.1) is 13.8 Å². The molecule has 40 heavy (non-hydrogen) atoms. The lowest BCUT2D eigenvalue weighted by molar-refractivity contribution is -0.140. The molecule has 2 atom stereocenters. The van der Waals surface area contributed by atoms with Gasteiger partial charge in [-0.25, -0.2) is 8.42 Å². The van der Waals surface area contributed by atoms with Crippen LogP contribution >= 0.6 is 11.6 Å². The van der Waals surface area contributed by atoms with Crippen molar-refractivity contribution in [1.29, 1.82) is 0 Å². The minimum absolute atomic E-state index is 0.0963. The fourth-order valence-corrected chi connectivity index (χ4v) is 5.49. The minimum Gasteiger partial charge on any atom is -0.352 e. The van der Waals surface area contributed by atoms with Crippen LogP contribution in [-0.4, -0.2) is 50.0 Å². The first kappa shape index (κ1) is 31.2. The quantitative estimate of drug-likeness (QED) is 0.314. The number of rotatable bonds is 12. The zero-order valence-electron chi connectivity index (χ0n) is 23.7. The summed E-state index contributed by atoms with van der Waals surface area (Å²) in [5.41, 5.74) is 3.80. The van der Waals surface area contributed by atoms with Crippen molar-refractivity contribution in [3.05, 3.63) is 100 Å². The van der Waals surface area contributed by atoms with Crippen molar-refractivity contribution in [2.45, 2.75) is 59.2 Å². The van der Waals surface area contributed by atoms with Crippen LogP contribution in [0.15, 0.2) is 72.8 Å². The van der Waals surface area contributed by atoms with Crippen LogP contribution in [-0.2, 0) is 32.6 Å². The molecule has 3 aromatic carbocycles. The largest absolute Gasteiger partial charge is 0.352 e. The third-order valence-corrected chi connectivity index (χ3v) is 8.22. The Morgan fingerprint density at radius 2 is 1.60 bits per heavy atom. The van der Waals surface area contributed by atoms with Gasteiger partial charge in [0.25, 0.3) is 0 Å². The van der Waals surface area contributed by atoms with Gasteiger partial charge >= 0.3 is 0 Å². The van der Waals surface area contributed by atoms with Gasteiger partial charge in [0.05, 0.1) is 11.9 Å². The summed E-state index contributed by atoms with van der Waals surface area (Å²) in [5.74, 6) is -0.779. The number of nitrogens with zero attached hydrogens (tertiary/aromatic N) is 2. The molecule has 3 aromatic rings. The first-order chi connectivity index (χ1) is 18.9. The van der Waals surface area contributed by atoms with E-state index < -0.39 is 28.5 Å². The van der Waals surface area contributed by atoms with Gasteiger partial charge in [-0.1, -0.05) is 78.7 Å². The molecule has 2 amide bonds. The van der Waals surface area contributed by atoms with E-state index >= 15 is 0 Å². The predicted molar refractivity (Wildman–Crippen MR) is 162 cm³/mol. The number of anilines is 1. The highest BCUT2D eigenvalue weighted by atomic mass is 35.5. The first-order valence-electron chi connectivity index (χ1n) is 13.3. The van der Waals surface area contributed by atoms with E-state index in [-0.39, 0.29) is 24.9 Å². The second-order valence-corrected chi connectivity index (χ2v) is 12.6. The molecule has 7 nitrogen and oxygen atoms in total. The molecule has 0 aromatic heterocycles. The van der Waals surface area contributed by atoms with Crippen molar-refractivity contribution in [2.75, 3.05) is 17.1 Å². The van der Waals surface area contributed by atoms with Gasteiger partial charge in [0.2, 0.25) is 21.8 Å². The van der Waals surface area contributed by atoms with Crippen molar-refractivity contribution in [3.8, 4) is 0 Å². The Kier molecular flexibility index (Phi) is 10.8. The number of hydrogen-bond acceptors (Lipinski definition) is 4. The van der Waals surface area contributed by atoms with E-state index in [9.17, 15) is 18.0 Å². The first-order valence-corrected chi connectivity index (χ1v) is 15.5. The summed E-state index contributed by atoms with van der Waals surface area (Å²) in [6, 6.07) is 21.0. The summed E-state index contributed by atoms with van der Waals surface area (Å²) in [4.78, 5) is 29.3. The van der Waals surface area contributed by atoms with Crippen LogP contribution in [0.4, 0.5) is 5.69 Å². The van der Waals surface area contributed by atoms with Gasteiger partial charge in [0, 0.05) is 24.0 Å². The lowest BCUT2D eigenvalue weighted by Crippen LogP contribution is -2.54. The lowest BCUT2D eigenvalue weighted by Gasteiger charge is -2.34. The van der Waals surface area contributed by atoms with E-state index in [0.717, 1.165) is 39.2 Å². The number of carbonyl (C=O) groups excluding carboxylic acids is 2. The second kappa shape index (κ2) is 13.8. The molecule has 0 heterocycles. The molecule has 0 saturated heterocycles. The monoisotopic (exact) mass is 583 g/mol. The average Bonchev–Trinajstić information content (AvgIpc) is 2.90. The van der Waals surface area contributed by atoms with Gasteiger partial charge in [-0.05, 0) is 62.1 Å². The van der Waals surface area contributed by atoms with Gasteiger partial charge in [0.15, 0.2) is 0 Å². The summed E-state index contributed by atoms with van der Waals surface area (Å²) in [6.45, 7) is 7.28. The van der Waals surface area contributed by atoms with Gasteiger partial charge < -0.3 is 10.2 Å². The lowest BCUT2D eigenvalue weighted by atomic mass is 10.0. The molecule has 0 bridgehead atoms. The Morgan fingerprint density at radius 3 is 2.17 bits per heavy atom. The number of carbonyl (C=O) groups is 2. The third kappa shape index (κ3) is 8.57. The van der Waals surface area contributed by atoms with Crippen LogP contribution in [0.3, 0.4) is 0 Å². The zero-order chi connectivity index (χ0) is 29.4. The highest BCUT2D eigenvalue weighted by Crippen LogP contribution is 2.25. The maximum absolute atomic E-state index is 14.1. The highest BCUT2D eigenvalue weighted by Gasteiger charge is 2.33. The number of nitrogens with one attached hydrogen (secondary N) is 1. The van der Waals surface area contributed by atoms with Crippen molar-refractivity contribution >= 4 is 39.1 Å². The van der Waals surface area contributed by atoms with Crippen molar-refractivity contribution in [1.82, 2.24) is 10.2 Å². The number of halogens is 1. The Morgan fingerprint density at radius 1 is 0.950 bits per heavy atom. The predicted octanol–water partition coefficient (Wildman–Crippen LogP) is 5.28. The van der Waals surface area contributed by atoms with E-state index in [1.54, 1.807) is 30.3 Å². The summed E-state index contributed by atoms with van der Waals surface area (Å²) >= 11 is 6.10. The van der Waals surface area contributed by atoms with Gasteiger partial charge in [-0.3, -0.25) is 13.9 Å². The summed E-state index contributed by atoms with van der Waals surface area (Å²) in [5, 5.41) is 3.58. The Hall–Kier alpha value is -3.36. The number of sulfonamides is 1. The fourth-order valence-electron chi connectivity index (χ4n) is 4.46. The normalized spacial score (nSPS) is 12.8. The molecule has 0 aliphatic heterocycles. The van der Waals surface area contributed by atoms with Gasteiger partial charge in [-0.2, -0.15) is 0 Å². The van der Waals surface area contributed by atoms with Crippen LogP contribution in [0.1, 0.15) is 42.5 Å². The molecule has 214 valence electrons. The standard InChI is InChI=1S/C31H38ClN3O4S/c1-6-24(4)33-31(37)29(19-25-10-8-7-9-11-25)34(20-26-13-15-27(32)16-14-26)30(36)21-35(40(5,38)39)28-17-12-22(2)18-23(28)3/h7-18,24,29H,6,19-21H2,1-5H3,(H,33,37)/t24-,29-/m1/s1. The van der Waals surface area contributed by atoms with E-state index in [1.165, 1.54) is 4.90 Å². The number of hydrogen-bond donors (Lipinski definition) is 1. The fraction of sp³-hybridized carbons (Fsp3) is 0.355. The molecule has 3 rings (SSSR count). The maximum atomic E-state index is 14.1. The van der Waals surface area contributed by atoms with Crippen molar-refractivity contribution < 1.29 is 18.0 Å². The summed E-state index contributed by atoms with van der Waals surface area (Å²) in [7, 11) is -3.82. The van der Waals surface area contributed by atoms with Crippen LogP contribution in [0.25, 0.3) is 0 Å². The van der Waals surface area contributed by atoms with Crippen LogP contribution in [0.2, 0.25) is 5.02 Å². The van der Waals surface area contributed by atoms with Crippen molar-refractivity contribution in [3.63, 3.8) is 0 Å². The molecule has 0 radical (unpaired) electrons. The topological polar surface area (TPSA) is 86.8 Å². The number of benzene rings is 3. The molecule has 0 saturated carbocycles. The Bertz CT molecular complexity index is 1410. The van der Waals surface area contributed by atoms with Gasteiger partial charge in [0.1, 0.15) is 12.6 Å². The molecule has 1 N–H and O–H groups in total. The Labute approximate surface area is 243 Å². The van der Waals surface area contributed by atoms with Crippen LogP contribution < -0.4 is 9.62 Å². The summed E-state index contributed by atoms with van der Waals surface area (Å²) < 4.78 is 27.0. The third-order valence-electron chi connectivity index (χ3n) is 6.84. The number of amides is 2. The molecule has 9 heteroatoms.